The minimum atomic E-state index is -4.46. The van der Waals surface area contributed by atoms with Crippen molar-refractivity contribution in [2.45, 2.75) is 18.6 Å². The van der Waals surface area contributed by atoms with Gasteiger partial charge in [-0.15, -0.1) is 0 Å². The van der Waals surface area contributed by atoms with Gasteiger partial charge in [-0.3, -0.25) is 0 Å². The van der Waals surface area contributed by atoms with Gasteiger partial charge in [-0.25, -0.2) is 0 Å². The van der Waals surface area contributed by atoms with Gasteiger partial charge in [0.05, 0.1) is 12.0 Å². The summed E-state index contributed by atoms with van der Waals surface area (Å²) in [6.45, 7) is 0. The Hall–Kier alpha value is -0.893. The average Bonchev–Trinajstić information content (AvgIpc) is 2.16. The number of halogens is 3. The molecule has 0 spiro atoms. The van der Waals surface area contributed by atoms with E-state index in [1.807, 2.05) is 0 Å². The minimum absolute atomic E-state index is 0.0954. The highest BCUT2D eigenvalue weighted by molar-refractivity contribution is 5.98. The first kappa shape index (κ1) is 13.2. The van der Waals surface area contributed by atoms with Crippen molar-refractivity contribution < 1.29 is 27.8 Å². The molecule has 0 aliphatic heterocycles. The van der Waals surface area contributed by atoms with E-state index >= 15 is 0 Å². The van der Waals surface area contributed by atoms with Crippen molar-refractivity contribution in [3.05, 3.63) is 35.4 Å². The molecule has 1 aromatic rings. The molecule has 2 N–H and O–H groups in total. The zero-order valence-corrected chi connectivity index (χ0v) is 8.95. The van der Waals surface area contributed by atoms with Crippen molar-refractivity contribution in [2.24, 2.45) is 0 Å². The van der Waals surface area contributed by atoms with Gasteiger partial charge in [0.2, 0.25) is 0 Å². The van der Waals surface area contributed by atoms with Crippen LogP contribution in [0, 0.1) is 0 Å². The smallest absolute Gasteiger partial charge is 0.371 e. The van der Waals surface area contributed by atoms with Crippen LogP contribution in [0.25, 0.3) is 0 Å². The summed E-state index contributed by atoms with van der Waals surface area (Å²) in [5.74, 6) is -2.54. The van der Waals surface area contributed by atoms with Gasteiger partial charge in [0, 0.05) is 0 Å². The molecule has 0 bridgehead atoms. The van der Waals surface area contributed by atoms with Gasteiger partial charge in [-0.2, -0.15) is 13.2 Å². The van der Waals surface area contributed by atoms with Crippen LogP contribution in [-0.2, 0) is 17.0 Å². The molecule has 0 saturated carbocycles. The summed E-state index contributed by atoms with van der Waals surface area (Å²) in [6.07, 6.45) is -4.95. The molecule has 7 heteroatoms. The number of hydrogen-bond acceptors (Lipinski definition) is 3. The van der Waals surface area contributed by atoms with Crippen molar-refractivity contribution in [2.75, 3.05) is 0 Å². The molecule has 87 valence electrons. The Labute approximate surface area is 93.0 Å². The van der Waals surface area contributed by atoms with E-state index in [1.165, 1.54) is 12.1 Å². The maximum Gasteiger partial charge on any atom is 0.416 e. The normalized spacial score (nSPS) is 12.9. The van der Waals surface area contributed by atoms with Crippen molar-refractivity contribution in [1.82, 2.24) is 0 Å². The Morgan fingerprint density at radius 3 is 2.38 bits per heavy atom. The van der Waals surface area contributed by atoms with Crippen molar-refractivity contribution in [3.8, 4) is 0 Å². The molecule has 0 unspecified atom stereocenters. The molecule has 0 aliphatic carbocycles. The van der Waals surface area contributed by atoms with Crippen LogP contribution in [0.3, 0.4) is 0 Å². The molecular weight excluding hydrogens is 241 g/mol. The van der Waals surface area contributed by atoms with Crippen molar-refractivity contribution in [1.29, 1.82) is 0 Å². The Morgan fingerprint density at radius 1 is 1.25 bits per heavy atom. The fourth-order valence-electron chi connectivity index (χ4n) is 1.16. The fraction of sp³-hybridized carbons (Fsp3) is 0.333. The van der Waals surface area contributed by atoms with Crippen LogP contribution in [0.1, 0.15) is 11.1 Å². The molecule has 0 fully saturated rings. The standard InChI is InChI=1S/C9H8F3O3Si/c10-9(11,12)7-3-1-2-6(4-7)5-8(13,14)15-16/h1-4,13-14H,5H2. The van der Waals surface area contributed by atoms with Crippen LogP contribution in [0.2, 0.25) is 0 Å². The van der Waals surface area contributed by atoms with Crippen LogP contribution in [-0.4, -0.2) is 26.7 Å². The molecule has 1 aromatic carbocycles. The van der Waals surface area contributed by atoms with Gasteiger partial charge in [-0.1, -0.05) is 18.2 Å². The molecule has 0 heterocycles. The lowest BCUT2D eigenvalue weighted by molar-refractivity contribution is -0.289. The third-order valence-corrected chi connectivity index (χ3v) is 2.18. The van der Waals surface area contributed by atoms with Gasteiger partial charge in [-0.05, 0) is 11.6 Å². The highest BCUT2D eigenvalue weighted by Gasteiger charge is 2.31. The molecule has 16 heavy (non-hydrogen) atoms. The Balaban J connectivity index is 2.92. The summed E-state index contributed by atoms with van der Waals surface area (Å²) in [6, 6.07) is 4.24. The fourth-order valence-corrected chi connectivity index (χ4v) is 1.23. The lowest BCUT2D eigenvalue weighted by Crippen LogP contribution is -2.33. The summed E-state index contributed by atoms with van der Waals surface area (Å²) in [4.78, 5) is 0. The summed E-state index contributed by atoms with van der Waals surface area (Å²) in [5, 5.41) is 18.1. The molecule has 0 saturated heterocycles. The second-order valence-corrected chi connectivity index (χ2v) is 3.42. The molecule has 0 aromatic heterocycles. The van der Waals surface area contributed by atoms with Gasteiger partial charge < -0.3 is 14.6 Å². The molecule has 0 aliphatic rings. The van der Waals surface area contributed by atoms with Crippen LogP contribution in [0.15, 0.2) is 24.3 Å². The highest BCUT2D eigenvalue weighted by Crippen LogP contribution is 2.30. The van der Waals surface area contributed by atoms with Crippen LogP contribution < -0.4 is 0 Å². The number of rotatable bonds is 3. The Bertz CT molecular complexity index is 365. The van der Waals surface area contributed by atoms with E-state index in [0.29, 0.717) is 0 Å². The number of aliphatic hydroxyl groups is 2. The number of benzene rings is 1. The van der Waals surface area contributed by atoms with E-state index in [0.717, 1.165) is 12.1 Å². The van der Waals surface area contributed by atoms with Crippen LogP contribution in [0.4, 0.5) is 13.2 Å². The molecular formula is C9H8F3O3Si. The van der Waals surface area contributed by atoms with E-state index in [-0.39, 0.29) is 5.56 Å². The van der Waals surface area contributed by atoms with E-state index < -0.39 is 24.1 Å². The quantitative estimate of drug-likeness (QED) is 0.620. The summed E-state index contributed by atoms with van der Waals surface area (Å²) < 4.78 is 41.1. The first-order valence-corrected chi connectivity index (χ1v) is 4.61. The third kappa shape index (κ3) is 3.60. The third-order valence-electron chi connectivity index (χ3n) is 1.85. The lowest BCUT2D eigenvalue weighted by Gasteiger charge is -2.20. The van der Waals surface area contributed by atoms with Crippen molar-refractivity contribution >= 4 is 10.5 Å². The predicted molar refractivity (Wildman–Crippen MR) is 49.2 cm³/mol. The van der Waals surface area contributed by atoms with Gasteiger partial charge in [0.15, 0.2) is 0 Å². The monoisotopic (exact) mass is 249 g/mol. The van der Waals surface area contributed by atoms with E-state index in [4.69, 9.17) is 10.2 Å². The second-order valence-electron chi connectivity index (χ2n) is 3.22. The lowest BCUT2D eigenvalue weighted by atomic mass is 10.1. The highest BCUT2D eigenvalue weighted by atomic mass is 28.2. The van der Waals surface area contributed by atoms with Crippen LogP contribution in [0.5, 0.6) is 0 Å². The summed E-state index contributed by atoms with van der Waals surface area (Å²) in [7, 11) is 2.41. The van der Waals surface area contributed by atoms with Gasteiger partial charge >= 0.3 is 6.18 Å². The summed E-state index contributed by atoms with van der Waals surface area (Å²) >= 11 is 0. The first-order valence-electron chi connectivity index (χ1n) is 4.20. The average molecular weight is 249 g/mol. The zero-order valence-electron chi connectivity index (χ0n) is 7.95. The second kappa shape index (κ2) is 4.54. The summed E-state index contributed by atoms with van der Waals surface area (Å²) in [5.41, 5.74) is -0.757. The Morgan fingerprint density at radius 2 is 1.88 bits per heavy atom. The largest absolute Gasteiger partial charge is 0.416 e. The zero-order chi connectivity index (χ0) is 12.4. The van der Waals surface area contributed by atoms with E-state index in [9.17, 15) is 13.2 Å². The minimum Gasteiger partial charge on any atom is -0.371 e. The Kier molecular flexibility index (Phi) is 3.74. The number of hydrogen-bond donors (Lipinski definition) is 2. The SMILES string of the molecule is OC(O)(Cc1cccc(C(F)(F)F)c1)O[Si]. The van der Waals surface area contributed by atoms with E-state index in [2.05, 4.69) is 14.9 Å². The van der Waals surface area contributed by atoms with Gasteiger partial charge in [0.25, 0.3) is 16.5 Å². The van der Waals surface area contributed by atoms with Crippen LogP contribution >= 0.6 is 0 Å². The molecule has 3 nitrogen and oxygen atoms in total. The first-order chi connectivity index (χ1) is 7.24. The molecule has 1 rings (SSSR count). The maximum atomic E-state index is 12.3. The number of alkyl halides is 3. The maximum absolute atomic E-state index is 12.3. The molecule has 0 amide bonds. The van der Waals surface area contributed by atoms with Crippen molar-refractivity contribution in [3.63, 3.8) is 0 Å². The predicted octanol–water partition coefficient (Wildman–Crippen LogP) is 0.986. The topological polar surface area (TPSA) is 49.7 Å². The van der Waals surface area contributed by atoms with E-state index in [1.54, 1.807) is 0 Å². The molecule has 3 radical (unpaired) electrons. The molecule has 0 atom stereocenters. The van der Waals surface area contributed by atoms with Gasteiger partial charge in [0.1, 0.15) is 0 Å².